The monoisotopic (exact) mass is 258 g/mol. The summed E-state index contributed by atoms with van der Waals surface area (Å²) in [5.41, 5.74) is 5.42. The number of carbonyl (C=O) groups is 1. The summed E-state index contributed by atoms with van der Waals surface area (Å²) in [6, 6.07) is 0. The lowest BCUT2D eigenvalue weighted by molar-refractivity contribution is 0.0949. The van der Waals surface area contributed by atoms with Crippen LogP contribution in [0.1, 0.15) is 29.6 Å². The Morgan fingerprint density at radius 3 is 3.00 bits per heavy atom. The molecule has 1 aromatic rings. The summed E-state index contributed by atoms with van der Waals surface area (Å²) in [6.45, 7) is 2.86. The molecule has 1 fully saturated rings. The van der Waals surface area contributed by atoms with E-state index >= 15 is 0 Å². The lowest BCUT2D eigenvalue weighted by atomic mass is 10.1. The van der Waals surface area contributed by atoms with E-state index in [2.05, 4.69) is 22.4 Å². The molecular weight excluding hydrogens is 244 g/mol. The molecule has 88 valence electrons. The van der Waals surface area contributed by atoms with Crippen LogP contribution in [0.25, 0.3) is 0 Å². The number of anilines is 1. The minimum atomic E-state index is -0.178. The van der Waals surface area contributed by atoms with Crippen molar-refractivity contribution in [2.75, 3.05) is 18.0 Å². The second kappa shape index (κ2) is 4.58. The Bertz CT molecular complexity index is 387. The number of nitrogens with zero attached hydrogens (tertiary/aromatic N) is 2. The van der Waals surface area contributed by atoms with E-state index in [4.69, 9.17) is 5.73 Å². The Hall–Kier alpha value is -0.820. The standard InChI is InChI=1S/C9H14N4OS2/c1-9(3-2-4-15-9)5-11-6(14)7-12-13-8(10)16-7/h2-5H2,1H3,(H2,10,13)(H,11,14). The number of hydrogen-bond acceptors (Lipinski definition) is 6. The number of carbonyl (C=O) groups excluding carboxylic acids is 1. The van der Waals surface area contributed by atoms with Crippen LogP contribution in [0, 0.1) is 0 Å². The molecular formula is C9H14N4OS2. The van der Waals surface area contributed by atoms with E-state index in [1.54, 1.807) is 0 Å². The first kappa shape index (κ1) is 11.7. The summed E-state index contributed by atoms with van der Waals surface area (Å²) in [5, 5.41) is 10.9. The van der Waals surface area contributed by atoms with E-state index in [0.717, 1.165) is 17.8 Å². The van der Waals surface area contributed by atoms with Crippen LogP contribution in [0.15, 0.2) is 0 Å². The lowest BCUT2D eigenvalue weighted by Crippen LogP contribution is -2.36. The molecule has 0 spiro atoms. The summed E-state index contributed by atoms with van der Waals surface area (Å²) in [7, 11) is 0. The Kier molecular flexibility index (Phi) is 3.34. The van der Waals surface area contributed by atoms with Gasteiger partial charge in [-0.25, -0.2) is 0 Å². The zero-order chi connectivity index (χ0) is 11.6. The predicted octanol–water partition coefficient (Wildman–Crippen LogP) is 1.14. The van der Waals surface area contributed by atoms with Gasteiger partial charge in [0, 0.05) is 11.3 Å². The Balaban J connectivity index is 1.88. The van der Waals surface area contributed by atoms with Gasteiger partial charge in [-0.05, 0) is 25.5 Å². The summed E-state index contributed by atoms with van der Waals surface area (Å²) in [4.78, 5) is 11.7. The van der Waals surface area contributed by atoms with Crippen molar-refractivity contribution in [2.24, 2.45) is 0 Å². The third kappa shape index (κ3) is 2.65. The van der Waals surface area contributed by atoms with Crippen molar-refractivity contribution < 1.29 is 4.79 Å². The van der Waals surface area contributed by atoms with Gasteiger partial charge in [-0.2, -0.15) is 11.8 Å². The summed E-state index contributed by atoms with van der Waals surface area (Å²) in [5.74, 6) is 1.00. The number of nitrogens with two attached hydrogens (primary N) is 1. The number of nitrogen functional groups attached to an aromatic ring is 1. The number of amides is 1. The van der Waals surface area contributed by atoms with Crippen LogP contribution in [0.3, 0.4) is 0 Å². The smallest absolute Gasteiger partial charge is 0.282 e. The molecule has 0 bridgehead atoms. The van der Waals surface area contributed by atoms with Crippen LogP contribution >= 0.6 is 23.1 Å². The van der Waals surface area contributed by atoms with Crippen molar-refractivity contribution in [2.45, 2.75) is 24.5 Å². The molecule has 0 aliphatic carbocycles. The van der Waals surface area contributed by atoms with E-state index in [9.17, 15) is 4.79 Å². The first-order valence-electron chi connectivity index (χ1n) is 5.10. The van der Waals surface area contributed by atoms with E-state index in [0.29, 0.717) is 16.7 Å². The van der Waals surface area contributed by atoms with Crippen LogP contribution in [0.2, 0.25) is 0 Å². The summed E-state index contributed by atoms with van der Waals surface area (Å²) in [6.07, 6.45) is 2.37. The van der Waals surface area contributed by atoms with Gasteiger partial charge in [0.15, 0.2) is 0 Å². The highest BCUT2D eigenvalue weighted by Crippen LogP contribution is 2.36. The number of rotatable bonds is 3. The topological polar surface area (TPSA) is 80.9 Å². The Morgan fingerprint density at radius 1 is 1.62 bits per heavy atom. The van der Waals surface area contributed by atoms with Crippen LogP contribution in [-0.4, -0.2) is 33.1 Å². The molecule has 3 N–H and O–H groups in total. The van der Waals surface area contributed by atoms with Gasteiger partial charge in [-0.3, -0.25) is 4.79 Å². The maximum Gasteiger partial charge on any atom is 0.282 e. The van der Waals surface area contributed by atoms with Crippen LogP contribution in [0.4, 0.5) is 5.13 Å². The Morgan fingerprint density at radius 2 is 2.44 bits per heavy atom. The van der Waals surface area contributed by atoms with Gasteiger partial charge < -0.3 is 11.1 Å². The molecule has 1 amide bonds. The van der Waals surface area contributed by atoms with Gasteiger partial charge in [0.25, 0.3) is 5.91 Å². The van der Waals surface area contributed by atoms with Crippen molar-refractivity contribution in [3.05, 3.63) is 5.01 Å². The fourth-order valence-corrected chi connectivity index (χ4v) is 3.42. The lowest BCUT2D eigenvalue weighted by Gasteiger charge is -2.22. The van der Waals surface area contributed by atoms with Crippen molar-refractivity contribution in [1.29, 1.82) is 0 Å². The Labute approximate surface area is 102 Å². The highest BCUT2D eigenvalue weighted by atomic mass is 32.2. The van der Waals surface area contributed by atoms with E-state index < -0.39 is 0 Å². The number of thioether (sulfide) groups is 1. The molecule has 1 aromatic heterocycles. The van der Waals surface area contributed by atoms with Gasteiger partial charge in [0.2, 0.25) is 10.1 Å². The highest BCUT2D eigenvalue weighted by Gasteiger charge is 2.30. The molecule has 1 unspecified atom stereocenters. The largest absolute Gasteiger partial charge is 0.374 e. The van der Waals surface area contributed by atoms with E-state index in [-0.39, 0.29) is 10.7 Å². The van der Waals surface area contributed by atoms with Crippen molar-refractivity contribution >= 4 is 34.1 Å². The third-order valence-electron chi connectivity index (χ3n) is 2.56. The van der Waals surface area contributed by atoms with E-state index in [1.165, 1.54) is 12.2 Å². The zero-order valence-electron chi connectivity index (χ0n) is 9.02. The molecule has 1 atom stereocenters. The van der Waals surface area contributed by atoms with E-state index in [1.807, 2.05) is 11.8 Å². The molecule has 1 aliphatic heterocycles. The van der Waals surface area contributed by atoms with Crippen LogP contribution < -0.4 is 11.1 Å². The maximum absolute atomic E-state index is 11.7. The first-order chi connectivity index (χ1) is 7.59. The predicted molar refractivity (Wildman–Crippen MR) is 66.8 cm³/mol. The van der Waals surface area contributed by atoms with Gasteiger partial charge in [0.1, 0.15) is 0 Å². The minimum absolute atomic E-state index is 0.173. The fraction of sp³-hybridized carbons (Fsp3) is 0.667. The van der Waals surface area contributed by atoms with Gasteiger partial charge >= 0.3 is 0 Å². The normalized spacial score (nSPS) is 24.6. The molecule has 16 heavy (non-hydrogen) atoms. The number of nitrogens with one attached hydrogen (secondary N) is 1. The van der Waals surface area contributed by atoms with Gasteiger partial charge in [-0.15, -0.1) is 10.2 Å². The SMILES string of the molecule is CC1(CNC(=O)c2nnc(N)s2)CCCS1. The second-order valence-electron chi connectivity index (χ2n) is 4.03. The maximum atomic E-state index is 11.7. The average Bonchev–Trinajstić information content (AvgIpc) is 2.85. The third-order valence-corrected chi connectivity index (χ3v) is 4.85. The van der Waals surface area contributed by atoms with Crippen molar-refractivity contribution in [1.82, 2.24) is 15.5 Å². The quantitative estimate of drug-likeness (QED) is 0.849. The molecule has 1 saturated heterocycles. The molecule has 0 saturated carbocycles. The summed E-state index contributed by atoms with van der Waals surface area (Å²) >= 11 is 3.03. The number of aromatic nitrogens is 2. The van der Waals surface area contributed by atoms with Crippen LogP contribution in [0.5, 0.6) is 0 Å². The van der Waals surface area contributed by atoms with Gasteiger partial charge in [-0.1, -0.05) is 11.3 Å². The molecule has 5 nitrogen and oxygen atoms in total. The highest BCUT2D eigenvalue weighted by molar-refractivity contribution is 8.00. The fourth-order valence-electron chi connectivity index (χ4n) is 1.65. The number of hydrogen-bond donors (Lipinski definition) is 2. The van der Waals surface area contributed by atoms with Crippen LogP contribution in [-0.2, 0) is 0 Å². The van der Waals surface area contributed by atoms with Crippen molar-refractivity contribution in [3.63, 3.8) is 0 Å². The molecule has 0 aromatic carbocycles. The zero-order valence-corrected chi connectivity index (χ0v) is 10.7. The molecule has 0 radical (unpaired) electrons. The molecule has 2 heterocycles. The molecule has 2 rings (SSSR count). The van der Waals surface area contributed by atoms with Gasteiger partial charge in [0.05, 0.1) is 0 Å². The first-order valence-corrected chi connectivity index (χ1v) is 6.90. The molecule has 7 heteroatoms. The average molecular weight is 258 g/mol. The van der Waals surface area contributed by atoms with Crippen molar-refractivity contribution in [3.8, 4) is 0 Å². The summed E-state index contributed by atoms with van der Waals surface area (Å²) < 4.78 is 0.173. The minimum Gasteiger partial charge on any atom is -0.374 e. The molecule has 1 aliphatic rings. The second-order valence-corrected chi connectivity index (χ2v) is 6.72.